The van der Waals surface area contributed by atoms with Gasteiger partial charge in [0.05, 0.1) is 17.9 Å². The van der Waals surface area contributed by atoms with Crippen LogP contribution in [-0.2, 0) is 17.5 Å². The zero-order valence-electron chi connectivity index (χ0n) is 21.2. The first-order chi connectivity index (χ1) is 17.8. The Balaban J connectivity index is 1.44. The molecule has 210 valence electrons. The molecule has 0 aliphatic heterocycles. The van der Waals surface area contributed by atoms with E-state index in [2.05, 4.69) is 4.90 Å². The Hall–Kier alpha value is -2.49. The molecule has 2 aromatic carbocycles. The van der Waals surface area contributed by atoms with Crippen molar-refractivity contribution >= 4 is 16.7 Å². The number of ether oxygens (including phenoxy) is 1. The molecule has 0 bridgehead atoms. The molecule has 0 radical (unpaired) electrons. The van der Waals surface area contributed by atoms with E-state index in [9.17, 15) is 31.1 Å². The second kappa shape index (κ2) is 11.3. The first kappa shape index (κ1) is 28.5. The first-order valence-corrected chi connectivity index (χ1v) is 13.1. The van der Waals surface area contributed by atoms with Crippen LogP contribution in [0.2, 0.25) is 0 Å². The van der Waals surface area contributed by atoms with Gasteiger partial charge in [-0.3, -0.25) is 4.79 Å². The van der Waals surface area contributed by atoms with Crippen LogP contribution < -0.4 is 4.74 Å². The molecular formula is C28H33F6NO3. The van der Waals surface area contributed by atoms with E-state index in [1.807, 2.05) is 7.05 Å². The largest absolute Gasteiger partial charge is 0.490 e. The van der Waals surface area contributed by atoms with E-state index < -0.39 is 35.9 Å². The summed E-state index contributed by atoms with van der Waals surface area (Å²) in [7, 11) is 1.94. The molecule has 4 rings (SSSR count). The van der Waals surface area contributed by atoms with Crippen LogP contribution in [0.25, 0.3) is 10.8 Å². The Kier molecular flexibility index (Phi) is 8.49. The number of aliphatic carboxylic acids is 1. The van der Waals surface area contributed by atoms with Gasteiger partial charge in [0.25, 0.3) is 0 Å². The van der Waals surface area contributed by atoms with Gasteiger partial charge >= 0.3 is 18.3 Å². The molecule has 2 fully saturated rings. The summed E-state index contributed by atoms with van der Waals surface area (Å²) in [6.07, 6.45) is -6.85. The second-order valence-electron chi connectivity index (χ2n) is 10.9. The molecule has 0 unspecified atom stereocenters. The van der Waals surface area contributed by atoms with Crippen molar-refractivity contribution in [1.82, 2.24) is 4.90 Å². The van der Waals surface area contributed by atoms with Gasteiger partial charge in [-0.2, -0.15) is 26.3 Å². The van der Waals surface area contributed by atoms with E-state index >= 15 is 0 Å². The zero-order chi connectivity index (χ0) is 27.7. The van der Waals surface area contributed by atoms with Crippen LogP contribution in [0.4, 0.5) is 26.3 Å². The van der Waals surface area contributed by atoms with Gasteiger partial charge in [0.1, 0.15) is 11.3 Å². The summed E-state index contributed by atoms with van der Waals surface area (Å²) in [6.45, 7) is 1.32. The van der Waals surface area contributed by atoms with Gasteiger partial charge in [-0.25, -0.2) is 0 Å². The molecule has 2 aliphatic carbocycles. The van der Waals surface area contributed by atoms with Crippen LogP contribution in [0.15, 0.2) is 30.3 Å². The van der Waals surface area contributed by atoms with Gasteiger partial charge in [-0.15, -0.1) is 0 Å². The van der Waals surface area contributed by atoms with E-state index in [1.165, 1.54) is 12.1 Å². The van der Waals surface area contributed by atoms with E-state index in [1.54, 1.807) is 18.2 Å². The molecule has 0 aromatic heterocycles. The summed E-state index contributed by atoms with van der Waals surface area (Å²) < 4.78 is 86.9. The second-order valence-corrected chi connectivity index (χ2v) is 10.9. The molecule has 2 saturated carbocycles. The van der Waals surface area contributed by atoms with Crippen molar-refractivity contribution in [3.8, 4) is 5.75 Å². The molecule has 2 aliphatic rings. The third kappa shape index (κ3) is 6.93. The third-order valence-electron chi connectivity index (χ3n) is 7.98. The number of rotatable bonds is 7. The molecule has 10 heteroatoms. The summed E-state index contributed by atoms with van der Waals surface area (Å²) in [5, 5.41) is 9.58. The number of fused-ring (bicyclic) bond motifs is 1. The number of carboxylic acid groups (broad SMARTS) is 1. The molecule has 0 amide bonds. The van der Waals surface area contributed by atoms with Gasteiger partial charge < -0.3 is 14.7 Å². The molecule has 2 aromatic rings. The minimum absolute atomic E-state index is 0.00243. The summed E-state index contributed by atoms with van der Waals surface area (Å²) in [4.78, 5) is 13.3. The minimum Gasteiger partial charge on any atom is -0.490 e. The van der Waals surface area contributed by atoms with Gasteiger partial charge in [-0.05, 0) is 92.8 Å². The SMILES string of the molecule is CN(Cc1ccc2c(C(F)(F)F)c(OC3CCC(C(F)(F)F)CC3)ccc2c1)C[C@H]1CC[C@H](C(=O)O)CC1. The standard InChI is InChI=1S/C28H33F6NO3/c1-35(15-17-2-5-19(6-3-17)26(36)37)16-18-4-12-23-20(14-18)7-13-24(25(23)28(32,33)34)38-22-10-8-21(9-11-22)27(29,30)31/h4,7,12-14,17,19,21-22H,2-3,5-6,8-11,15-16H2,1H3,(H,36,37)/t17-,19-,21?,22?. The lowest BCUT2D eigenvalue weighted by Crippen LogP contribution is -2.32. The number of carboxylic acids is 1. The highest BCUT2D eigenvalue weighted by Gasteiger charge is 2.42. The Morgan fingerprint density at radius 3 is 2.18 bits per heavy atom. The van der Waals surface area contributed by atoms with E-state index in [-0.39, 0.29) is 42.7 Å². The van der Waals surface area contributed by atoms with Crippen molar-refractivity contribution < 1.29 is 41.0 Å². The Morgan fingerprint density at radius 1 is 0.947 bits per heavy atom. The highest BCUT2D eigenvalue weighted by atomic mass is 19.4. The number of hydrogen-bond donors (Lipinski definition) is 1. The Bertz CT molecular complexity index is 1120. The Labute approximate surface area is 217 Å². The molecular weight excluding hydrogens is 512 g/mol. The average Bonchev–Trinajstić information content (AvgIpc) is 2.83. The number of benzene rings is 2. The smallest absolute Gasteiger partial charge is 0.420 e. The topological polar surface area (TPSA) is 49.8 Å². The van der Waals surface area contributed by atoms with Crippen LogP contribution in [0.1, 0.15) is 62.5 Å². The lowest BCUT2D eigenvalue weighted by Gasteiger charge is -2.31. The lowest BCUT2D eigenvalue weighted by atomic mass is 9.82. The molecule has 0 spiro atoms. The Morgan fingerprint density at radius 2 is 1.61 bits per heavy atom. The maximum atomic E-state index is 14.1. The summed E-state index contributed by atoms with van der Waals surface area (Å²) >= 11 is 0. The third-order valence-corrected chi connectivity index (χ3v) is 7.98. The highest BCUT2D eigenvalue weighted by molar-refractivity contribution is 5.89. The molecule has 38 heavy (non-hydrogen) atoms. The first-order valence-electron chi connectivity index (χ1n) is 13.1. The number of halogens is 6. The lowest BCUT2D eigenvalue weighted by molar-refractivity contribution is -0.185. The van der Waals surface area contributed by atoms with Crippen molar-refractivity contribution in [3.05, 3.63) is 41.5 Å². The van der Waals surface area contributed by atoms with Crippen molar-refractivity contribution in [2.75, 3.05) is 13.6 Å². The monoisotopic (exact) mass is 545 g/mol. The van der Waals surface area contributed by atoms with Crippen LogP contribution in [-0.4, -0.2) is 41.8 Å². The van der Waals surface area contributed by atoms with Gasteiger partial charge in [0.2, 0.25) is 0 Å². The van der Waals surface area contributed by atoms with E-state index in [4.69, 9.17) is 9.84 Å². The van der Waals surface area contributed by atoms with Crippen LogP contribution in [0.5, 0.6) is 5.75 Å². The molecule has 0 atom stereocenters. The number of hydrogen-bond acceptors (Lipinski definition) is 3. The quantitative estimate of drug-likeness (QED) is 0.363. The summed E-state index contributed by atoms with van der Waals surface area (Å²) in [6, 6.07) is 7.66. The summed E-state index contributed by atoms with van der Waals surface area (Å²) in [5.74, 6) is -2.41. The van der Waals surface area contributed by atoms with Gasteiger partial charge in [0.15, 0.2) is 0 Å². The molecule has 0 saturated heterocycles. The average molecular weight is 546 g/mol. The van der Waals surface area contributed by atoms with Crippen molar-refractivity contribution in [2.24, 2.45) is 17.8 Å². The minimum atomic E-state index is -4.69. The van der Waals surface area contributed by atoms with E-state index in [0.29, 0.717) is 30.7 Å². The number of nitrogens with zero attached hydrogens (tertiary/aromatic N) is 1. The van der Waals surface area contributed by atoms with Crippen LogP contribution in [0.3, 0.4) is 0 Å². The fourth-order valence-electron chi connectivity index (χ4n) is 5.94. The molecule has 4 nitrogen and oxygen atoms in total. The number of alkyl halides is 6. The highest BCUT2D eigenvalue weighted by Crippen LogP contribution is 2.44. The maximum Gasteiger partial charge on any atom is 0.420 e. The number of carbonyl (C=O) groups is 1. The fourth-order valence-corrected chi connectivity index (χ4v) is 5.94. The maximum absolute atomic E-state index is 14.1. The van der Waals surface area contributed by atoms with Gasteiger partial charge in [-0.1, -0.05) is 18.2 Å². The predicted octanol–water partition coefficient (Wildman–Crippen LogP) is 7.68. The van der Waals surface area contributed by atoms with Crippen LogP contribution >= 0.6 is 0 Å². The molecule has 1 N–H and O–H groups in total. The van der Waals surface area contributed by atoms with Crippen molar-refractivity contribution in [2.45, 2.75) is 76.4 Å². The van der Waals surface area contributed by atoms with Crippen LogP contribution in [0, 0.1) is 17.8 Å². The van der Waals surface area contributed by atoms with E-state index in [0.717, 1.165) is 24.9 Å². The van der Waals surface area contributed by atoms with Crippen molar-refractivity contribution in [3.63, 3.8) is 0 Å². The zero-order valence-corrected chi connectivity index (χ0v) is 21.2. The summed E-state index contributed by atoms with van der Waals surface area (Å²) in [5.41, 5.74) is -0.0467. The predicted molar refractivity (Wildman–Crippen MR) is 131 cm³/mol. The fraction of sp³-hybridized carbons (Fsp3) is 0.607. The van der Waals surface area contributed by atoms with Crippen molar-refractivity contribution in [1.29, 1.82) is 0 Å². The molecule has 0 heterocycles. The van der Waals surface area contributed by atoms with Gasteiger partial charge in [0, 0.05) is 13.1 Å². The normalized spacial score (nSPS) is 25.1.